The molecule has 0 aliphatic carbocycles. The van der Waals surface area contributed by atoms with E-state index in [0.717, 1.165) is 22.5 Å². The van der Waals surface area contributed by atoms with Gasteiger partial charge in [-0.3, -0.25) is 14.2 Å². The van der Waals surface area contributed by atoms with E-state index in [9.17, 15) is 9.59 Å². The van der Waals surface area contributed by atoms with Crippen molar-refractivity contribution >= 4 is 29.0 Å². The number of fused-ring (bicyclic) bond motifs is 1. The summed E-state index contributed by atoms with van der Waals surface area (Å²) in [7, 11) is 0. The Kier molecular flexibility index (Phi) is 6.12. The van der Waals surface area contributed by atoms with Crippen molar-refractivity contribution in [3.63, 3.8) is 0 Å². The van der Waals surface area contributed by atoms with Gasteiger partial charge in [0.25, 0.3) is 11.5 Å². The normalized spacial score (nSPS) is 11.0. The number of hydrogen-bond donors (Lipinski definition) is 2. The molecule has 0 radical (unpaired) electrons. The molecule has 3 aromatic carbocycles. The minimum Gasteiger partial charge on any atom is -0.348 e. The summed E-state index contributed by atoms with van der Waals surface area (Å²) in [5.41, 5.74) is 4.41. The Balaban J connectivity index is 1.44. The van der Waals surface area contributed by atoms with Crippen LogP contribution in [-0.4, -0.2) is 25.2 Å². The number of carbonyl (C=O) groups excluding carboxylic acids is 1. The molecule has 2 N–H and O–H groups in total. The van der Waals surface area contributed by atoms with E-state index in [0.29, 0.717) is 34.3 Å². The zero-order valence-corrected chi connectivity index (χ0v) is 19.9. The zero-order valence-electron chi connectivity index (χ0n) is 19.1. The zero-order chi connectivity index (χ0) is 24.4. The van der Waals surface area contributed by atoms with Crippen molar-refractivity contribution in [1.82, 2.24) is 24.6 Å². The third kappa shape index (κ3) is 4.43. The number of carbonyl (C=O) groups is 1. The van der Waals surface area contributed by atoms with Gasteiger partial charge in [0.15, 0.2) is 4.77 Å². The number of hydrogen-bond acceptors (Lipinski definition) is 4. The summed E-state index contributed by atoms with van der Waals surface area (Å²) in [6.07, 6.45) is 1.93. The number of benzene rings is 3. The number of para-hydroxylation sites is 1. The van der Waals surface area contributed by atoms with Gasteiger partial charge in [-0.25, -0.2) is 4.68 Å². The Morgan fingerprint density at radius 3 is 2.46 bits per heavy atom. The maximum atomic E-state index is 13.0. The highest BCUT2D eigenvalue weighted by atomic mass is 32.1. The van der Waals surface area contributed by atoms with E-state index in [1.807, 2.05) is 78.5 Å². The lowest BCUT2D eigenvalue weighted by Crippen LogP contribution is -2.24. The minimum absolute atomic E-state index is 0.168. The molecular formula is C27H23N5O2S. The van der Waals surface area contributed by atoms with Crippen LogP contribution in [0.1, 0.15) is 22.8 Å². The van der Waals surface area contributed by atoms with Crippen LogP contribution in [0.3, 0.4) is 0 Å². The maximum absolute atomic E-state index is 13.0. The molecule has 174 valence electrons. The van der Waals surface area contributed by atoms with Crippen LogP contribution in [0, 0.1) is 4.77 Å². The fourth-order valence-electron chi connectivity index (χ4n) is 4.05. The Morgan fingerprint density at radius 2 is 1.74 bits per heavy atom. The second kappa shape index (κ2) is 9.52. The van der Waals surface area contributed by atoms with Crippen LogP contribution >= 0.6 is 12.2 Å². The molecule has 5 aromatic rings. The molecule has 0 saturated carbocycles. The first-order valence-electron chi connectivity index (χ1n) is 11.3. The first-order chi connectivity index (χ1) is 17.0. The molecule has 2 heterocycles. The van der Waals surface area contributed by atoms with Gasteiger partial charge in [-0.05, 0) is 49.5 Å². The van der Waals surface area contributed by atoms with E-state index in [-0.39, 0.29) is 11.5 Å². The molecule has 0 spiro atoms. The molecule has 8 heteroatoms. The summed E-state index contributed by atoms with van der Waals surface area (Å²) in [6, 6.07) is 24.7. The standard InChI is InChI=1S/C27H23N5O2S/c1-2-31-26(34)22-14-13-19(15-23(22)29-27(31)35)25(33)28-16-20-17-32(21-11-7-4-8-12-21)30-24(20)18-9-5-3-6-10-18/h3-15,17H,2,16H2,1H3,(H,28,33)(H,29,35). The van der Waals surface area contributed by atoms with Gasteiger partial charge < -0.3 is 10.3 Å². The Bertz CT molecular complexity index is 1640. The molecule has 7 nitrogen and oxygen atoms in total. The van der Waals surface area contributed by atoms with Gasteiger partial charge in [0.1, 0.15) is 0 Å². The highest BCUT2D eigenvalue weighted by Crippen LogP contribution is 2.24. The highest BCUT2D eigenvalue weighted by Gasteiger charge is 2.15. The van der Waals surface area contributed by atoms with Crippen LogP contribution < -0.4 is 10.9 Å². The largest absolute Gasteiger partial charge is 0.348 e. The van der Waals surface area contributed by atoms with Crippen molar-refractivity contribution < 1.29 is 4.79 Å². The van der Waals surface area contributed by atoms with Gasteiger partial charge in [0.2, 0.25) is 0 Å². The predicted molar refractivity (Wildman–Crippen MR) is 139 cm³/mol. The van der Waals surface area contributed by atoms with Gasteiger partial charge in [0.05, 0.1) is 22.3 Å². The lowest BCUT2D eigenvalue weighted by molar-refractivity contribution is 0.0951. The van der Waals surface area contributed by atoms with Crippen molar-refractivity contribution in [2.24, 2.45) is 0 Å². The van der Waals surface area contributed by atoms with Crippen molar-refractivity contribution in [2.45, 2.75) is 20.0 Å². The Labute approximate surface area is 206 Å². The van der Waals surface area contributed by atoms with E-state index in [4.69, 9.17) is 17.3 Å². The van der Waals surface area contributed by atoms with Crippen LogP contribution in [0.15, 0.2) is 89.9 Å². The summed E-state index contributed by atoms with van der Waals surface area (Å²) in [4.78, 5) is 28.7. The molecule has 1 amide bonds. The van der Waals surface area contributed by atoms with Gasteiger partial charge >= 0.3 is 0 Å². The average molecular weight is 482 g/mol. The fraction of sp³-hybridized carbons (Fsp3) is 0.111. The van der Waals surface area contributed by atoms with E-state index in [1.165, 1.54) is 4.57 Å². The second-order valence-electron chi connectivity index (χ2n) is 8.07. The molecule has 0 atom stereocenters. The smallest absolute Gasteiger partial charge is 0.262 e. The molecule has 0 bridgehead atoms. The highest BCUT2D eigenvalue weighted by molar-refractivity contribution is 7.71. The summed E-state index contributed by atoms with van der Waals surface area (Å²) >= 11 is 5.29. The van der Waals surface area contributed by atoms with Crippen molar-refractivity contribution in [2.75, 3.05) is 0 Å². The van der Waals surface area contributed by atoms with Crippen molar-refractivity contribution in [3.8, 4) is 16.9 Å². The van der Waals surface area contributed by atoms with Crippen molar-refractivity contribution in [3.05, 3.63) is 111 Å². The molecule has 0 saturated heterocycles. The average Bonchev–Trinajstić information content (AvgIpc) is 3.32. The fourth-order valence-corrected chi connectivity index (χ4v) is 4.37. The molecule has 2 aromatic heterocycles. The Hall–Kier alpha value is -4.30. The quantitative estimate of drug-likeness (QED) is 0.339. The SMILES string of the molecule is CCn1c(=S)[nH]c2cc(C(=O)NCc3cn(-c4ccccc4)nc3-c3ccccc3)ccc2c1=O. The predicted octanol–water partition coefficient (Wildman–Crippen LogP) is 4.86. The number of rotatable bonds is 6. The number of amides is 1. The topological polar surface area (TPSA) is 84.7 Å². The summed E-state index contributed by atoms with van der Waals surface area (Å²) in [5, 5.41) is 8.27. The number of aromatic amines is 1. The van der Waals surface area contributed by atoms with Crippen LogP contribution in [0.5, 0.6) is 0 Å². The van der Waals surface area contributed by atoms with Crippen LogP contribution in [-0.2, 0) is 13.1 Å². The molecule has 35 heavy (non-hydrogen) atoms. The molecule has 0 fully saturated rings. The van der Waals surface area contributed by atoms with Gasteiger partial charge in [-0.1, -0.05) is 48.5 Å². The third-order valence-electron chi connectivity index (χ3n) is 5.86. The lowest BCUT2D eigenvalue weighted by Gasteiger charge is -2.08. The van der Waals surface area contributed by atoms with Gasteiger partial charge in [-0.15, -0.1) is 0 Å². The van der Waals surface area contributed by atoms with Gasteiger partial charge in [-0.2, -0.15) is 5.10 Å². The molecule has 5 rings (SSSR count). The summed E-state index contributed by atoms with van der Waals surface area (Å²) in [6.45, 7) is 2.64. The number of nitrogens with zero attached hydrogens (tertiary/aromatic N) is 3. The van der Waals surface area contributed by atoms with Crippen LogP contribution in [0.2, 0.25) is 0 Å². The molecule has 0 aliphatic heterocycles. The first kappa shape index (κ1) is 22.5. The van der Waals surface area contributed by atoms with E-state index < -0.39 is 0 Å². The Morgan fingerprint density at radius 1 is 1.03 bits per heavy atom. The molecule has 0 aliphatic rings. The maximum Gasteiger partial charge on any atom is 0.262 e. The second-order valence-corrected chi connectivity index (χ2v) is 8.46. The number of aromatic nitrogens is 4. The van der Waals surface area contributed by atoms with E-state index >= 15 is 0 Å². The van der Waals surface area contributed by atoms with Crippen LogP contribution in [0.4, 0.5) is 0 Å². The lowest BCUT2D eigenvalue weighted by atomic mass is 10.1. The monoisotopic (exact) mass is 481 g/mol. The molecule has 0 unspecified atom stereocenters. The van der Waals surface area contributed by atoms with E-state index in [2.05, 4.69) is 10.3 Å². The number of nitrogens with one attached hydrogen (secondary N) is 2. The summed E-state index contributed by atoms with van der Waals surface area (Å²) < 4.78 is 3.65. The minimum atomic E-state index is -0.252. The molecular weight excluding hydrogens is 458 g/mol. The van der Waals surface area contributed by atoms with Gasteiger partial charge in [0, 0.05) is 36.0 Å². The van der Waals surface area contributed by atoms with E-state index in [1.54, 1.807) is 18.2 Å². The summed E-state index contributed by atoms with van der Waals surface area (Å²) in [5.74, 6) is -0.252. The van der Waals surface area contributed by atoms with Crippen molar-refractivity contribution in [1.29, 1.82) is 0 Å². The number of H-pyrrole nitrogens is 1. The van der Waals surface area contributed by atoms with Crippen LogP contribution in [0.25, 0.3) is 27.8 Å². The first-order valence-corrected chi connectivity index (χ1v) is 11.7. The third-order valence-corrected chi connectivity index (χ3v) is 6.18.